The highest BCUT2D eigenvalue weighted by molar-refractivity contribution is 5.61. The van der Waals surface area contributed by atoms with E-state index in [2.05, 4.69) is 13.1 Å². The van der Waals surface area contributed by atoms with E-state index in [1.807, 2.05) is 12.1 Å². The lowest BCUT2D eigenvalue weighted by atomic mass is 9.53. The average Bonchev–Trinajstić information content (AvgIpc) is 2.90. The summed E-state index contributed by atoms with van der Waals surface area (Å²) in [5, 5.41) is 29.5. The summed E-state index contributed by atoms with van der Waals surface area (Å²) in [7, 11) is 2.27. The van der Waals surface area contributed by atoms with Crippen molar-refractivity contribution in [2.24, 2.45) is 5.92 Å². The van der Waals surface area contributed by atoms with Gasteiger partial charge in [0.25, 0.3) is 0 Å². The number of ether oxygens (including phenoxy) is 1. The van der Waals surface area contributed by atoms with Gasteiger partial charge in [-0.1, -0.05) is 18.2 Å². The third-order valence-electron chi connectivity index (χ3n) is 6.30. The SMILES string of the molecule is CC(=O)[O-].C[NH+]1CC[C@]23c4c5ccc(O)c4O[C@H]2[C@@H](O)C=C[C@H]3[C@H]1C5. The summed E-state index contributed by atoms with van der Waals surface area (Å²) < 4.78 is 6.10. The number of carbonyl (C=O) groups excluding carboxylic acids is 1. The number of aliphatic carboxylic acids is 1. The van der Waals surface area contributed by atoms with Crippen LogP contribution in [0, 0.1) is 5.92 Å². The Bertz CT molecular complexity index is 756. The molecule has 3 N–H and O–H groups in total. The van der Waals surface area contributed by atoms with E-state index in [4.69, 9.17) is 14.6 Å². The molecule has 1 unspecified atom stereocenters. The summed E-state index contributed by atoms with van der Waals surface area (Å²) in [6, 6.07) is 4.33. The maximum absolute atomic E-state index is 10.4. The van der Waals surface area contributed by atoms with Gasteiger partial charge in [-0.2, -0.15) is 0 Å². The zero-order valence-corrected chi connectivity index (χ0v) is 14.4. The molecule has 1 aromatic rings. The van der Waals surface area contributed by atoms with E-state index in [0.717, 1.165) is 26.3 Å². The van der Waals surface area contributed by atoms with E-state index in [1.54, 1.807) is 11.0 Å². The molecule has 6 atom stereocenters. The van der Waals surface area contributed by atoms with E-state index in [-0.39, 0.29) is 17.3 Å². The molecule has 1 aromatic carbocycles. The van der Waals surface area contributed by atoms with Crippen molar-refractivity contribution in [1.82, 2.24) is 0 Å². The molecule has 4 aliphatic rings. The second-order valence-corrected chi connectivity index (χ2v) is 7.58. The van der Waals surface area contributed by atoms with Crippen LogP contribution in [0.2, 0.25) is 0 Å². The fraction of sp³-hybridized carbons (Fsp3) is 0.526. The minimum absolute atomic E-state index is 0.139. The van der Waals surface area contributed by atoms with E-state index >= 15 is 0 Å². The number of likely N-dealkylation sites (N-methyl/N-ethyl adjacent to an activating group) is 1. The van der Waals surface area contributed by atoms with Crippen molar-refractivity contribution in [3.63, 3.8) is 0 Å². The first-order chi connectivity index (χ1) is 11.9. The molecule has 1 spiro atoms. The number of phenols is 1. The number of carboxylic acid groups (broad SMARTS) is 1. The highest BCUT2D eigenvalue weighted by Crippen LogP contribution is 2.60. The molecule has 134 valence electrons. The van der Waals surface area contributed by atoms with Crippen LogP contribution in [0.3, 0.4) is 0 Å². The van der Waals surface area contributed by atoms with Crippen molar-refractivity contribution in [3.8, 4) is 11.5 Å². The number of nitrogens with one attached hydrogen (secondary N) is 1. The van der Waals surface area contributed by atoms with Gasteiger partial charge in [0.1, 0.15) is 12.2 Å². The summed E-state index contributed by atoms with van der Waals surface area (Å²) in [6.45, 7) is 2.07. The number of aliphatic hydroxyl groups is 1. The van der Waals surface area contributed by atoms with Gasteiger partial charge in [0.05, 0.1) is 25.0 Å². The molecule has 1 saturated heterocycles. The van der Waals surface area contributed by atoms with Gasteiger partial charge in [-0.05, 0) is 18.6 Å². The number of piperidine rings is 1. The average molecular weight is 345 g/mol. The zero-order chi connectivity index (χ0) is 17.9. The number of aromatic hydroxyl groups is 1. The topological polar surface area (TPSA) is 94.3 Å². The fourth-order valence-electron chi connectivity index (χ4n) is 5.38. The minimum atomic E-state index is -1.08. The van der Waals surface area contributed by atoms with Crippen LogP contribution in [0.4, 0.5) is 0 Å². The molecular weight excluding hydrogens is 322 g/mol. The number of quaternary nitrogens is 1. The summed E-state index contributed by atoms with van der Waals surface area (Å²) in [6.07, 6.45) is 5.31. The first-order valence-electron chi connectivity index (χ1n) is 8.74. The molecule has 1 fully saturated rings. The van der Waals surface area contributed by atoms with Crippen LogP contribution in [0.25, 0.3) is 0 Å². The number of hydrogen-bond donors (Lipinski definition) is 3. The number of phenolic OH excluding ortho intramolecular Hbond substituents is 1. The first-order valence-corrected chi connectivity index (χ1v) is 8.74. The largest absolute Gasteiger partial charge is 0.550 e. The second-order valence-electron chi connectivity index (χ2n) is 7.58. The molecule has 2 aliphatic carbocycles. The number of carbonyl (C=O) groups is 1. The van der Waals surface area contributed by atoms with E-state index in [1.165, 1.54) is 11.1 Å². The maximum atomic E-state index is 10.4. The van der Waals surface area contributed by atoms with Crippen LogP contribution in [0.1, 0.15) is 24.5 Å². The van der Waals surface area contributed by atoms with Crippen LogP contribution in [-0.4, -0.2) is 48.0 Å². The van der Waals surface area contributed by atoms with Gasteiger partial charge in [0, 0.05) is 30.3 Å². The van der Waals surface area contributed by atoms with Crippen LogP contribution in [0.5, 0.6) is 11.5 Å². The third kappa shape index (κ3) is 2.14. The molecule has 2 aliphatic heterocycles. The Balaban J connectivity index is 0.000000358. The monoisotopic (exact) mass is 345 g/mol. The minimum Gasteiger partial charge on any atom is -0.550 e. The van der Waals surface area contributed by atoms with Crippen molar-refractivity contribution in [2.75, 3.05) is 13.6 Å². The molecule has 5 rings (SSSR count). The molecule has 6 nitrogen and oxygen atoms in total. The normalized spacial score (nSPS) is 38.9. The second kappa shape index (κ2) is 5.47. The number of aliphatic hydroxyl groups excluding tert-OH is 1. The molecule has 0 aromatic heterocycles. The molecule has 6 heteroatoms. The number of carboxylic acids is 1. The molecule has 2 bridgehead atoms. The Morgan fingerprint density at radius 3 is 2.84 bits per heavy atom. The van der Waals surface area contributed by atoms with Gasteiger partial charge in [-0.15, -0.1) is 0 Å². The van der Waals surface area contributed by atoms with Crippen LogP contribution < -0.4 is 14.7 Å². The number of benzene rings is 1. The third-order valence-corrected chi connectivity index (χ3v) is 6.30. The molecule has 25 heavy (non-hydrogen) atoms. The highest BCUT2D eigenvalue weighted by Gasteiger charge is 2.65. The molecular formula is C19H23NO5. The zero-order valence-electron chi connectivity index (χ0n) is 14.4. The number of rotatable bonds is 0. The van der Waals surface area contributed by atoms with Gasteiger partial charge in [-0.25, -0.2) is 0 Å². The smallest absolute Gasteiger partial charge is 0.165 e. The summed E-state index contributed by atoms with van der Waals surface area (Å²) in [5.41, 5.74) is 2.35. The van der Waals surface area contributed by atoms with Gasteiger partial charge in [-0.3, -0.25) is 0 Å². The van der Waals surface area contributed by atoms with Gasteiger partial charge in [0.2, 0.25) is 0 Å². The van der Waals surface area contributed by atoms with Crippen LogP contribution >= 0.6 is 0 Å². The lowest BCUT2D eigenvalue weighted by Crippen LogP contribution is -3.16. The number of likely N-dealkylation sites (tertiary alicyclic amines) is 1. The Hall–Kier alpha value is -2.05. The standard InChI is InChI=1S/C17H19NO3.C2H4O2/c1-18-7-6-17-10-3-5-13(20)16(17)21-15-12(19)4-2-9(14(15)17)8-11(10)18;1-2(3)4/h2-5,10-11,13,16,19-20H,6-8H2,1H3;1H3,(H,3,4)/t10-,11+,13-,16-,17-;/m0./s1. The van der Waals surface area contributed by atoms with Gasteiger partial charge < -0.3 is 29.8 Å². The number of hydrogen-bond acceptors (Lipinski definition) is 5. The molecule has 0 radical (unpaired) electrons. The van der Waals surface area contributed by atoms with Crippen molar-refractivity contribution in [1.29, 1.82) is 0 Å². The van der Waals surface area contributed by atoms with E-state index in [9.17, 15) is 10.2 Å². The van der Waals surface area contributed by atoms with Crippen molar-refractivity contribution < 1.29 is 29.8 Å². The fourth-order valence-corrected chi connectivity index (χ4v) is 5.38. The predicted octanol–water partition coefficient (Wildman–Crippen LogP) is -1.46. The van der Waals surface area contributed by atoms with Gasteiger partial charge in [0.15, 0.2) is 11.5 Å². The lowest BCUT2D eigenvalue weighted by Gasteiger charge is -2.54. The summed E-state index contributed by atoms with van der Waals surface area (Å²) in [4.78, 5) is 10.5. The maximum Gasteiger partial charge on any atom is 0.165 e. The van der Waals surface area contributed by atoms with Crippen molar-refractivity contribution in [2.45, 2.75) is 43.4 Å². The van der Waals surface area contributed by atoms with Crippen molar-refractivity contribution in [3.05, 3.63) is 35.4 Å². The van der Waals surface area contributed by atoms with E-state index < -0.39 is 12.1 Å². The highest BCUT2D eigenvalue weighted by atomic mass is 16.5. The van der Waals surface area contributed by atoms with Crippen LogP contribution in [0.15, 0.2) is 24.3 Å². The molecule has 2 heterocycles. The first kappa shape index (κ1) is 16.4. The van der Waals surface area contributed by atoms with Crippen LogP contribution in [-0.2, 0) is 16.6 Å². The summed E-state index contributed by atoms with van der Waals surface area (Å²) >= 11 is 0. The van der Waals surface area contributed by atoms with Gasteiger partial charge >= 0.3 is 0 Å². The Morgan fingerprint density at radius 1 is 1.40 bits per heavy atom. The molecule has 0 saturated carbocycles. The Kier molecular flexibility index (Phi) is 3.60. The lowest BCUT2D eigenvalue weighted by molar-refractivity contribution is -0.917. The quantitative estimate of drug-likeness (QED) is 0.500. The van der Waals surface area contributed by atoms with Crippen molar-refractivity contribution >= 4 is 5.97 Å². The Labute approximate surface area is 146 Å². The Morgan fingerprint density at radius 2 is 2.12 bits per heavy atom. The molecule has 0 amide bonds. The predicted molar refractivity (Wildman–Crippen MR) is 87.4 cm³/mol. The van der Waals surface area contributed by atoms with E-state index in [0.29, 0.717) is 17.7 Å². The summed E-state index contributed by atoms with van der Waals surface area (Å²) in [5.74, 6) is 0.159.